The summed E-state index contributed by atoms with van der Waals surface area (Å²) in [7, 11) is 0. The molecule has 0 unspecified atom stereocenters. The predicted octanol–water partition coefficient (Wildman–Crippen LogP) is 4.51. The lowest BCUT2D eigenvalue weighted by atomic mass is 10.1. The van der Waals surface area contributed by atoms with Gasteiger partial charge in [0.05, 0.1) is 27.2 Å². The first-order valence-electron chi connectivity index (χ1n) is 10.6. The Hall–Kier alpha value is -3.17. The second-order valence-electron chi connectivity index (χ2n) is 7.95. The molecule has 7 nitrogen and oxygen atoms in total. The van der Waals surface area contributed by atoms with E-state index in [4.69, 9.17) is 4.52 Å². The van der Waals surface area contributed by atoms with E-state index in [-0.39, 0.29) is 23.6 Å². The SMILES string of the molecule is Cc1cccc(-c2sc(C)nc2C(=O)N2CSC[C@H]2CNC(=O)c2onc3ccccc23)c1. The first kappa shape index (κ1) is 21.7. The van der Waals surface area contributed by atoms with Gasteiger partial charge < -0.3 is 14.7 Å². The van der Waals surface area contributed by atoms with Crippen LogP contribution in [0.4, 0.5) is 0 Å². The number of hydrogen-bond donors (Lipinski definition) is 1. The Kier molecular flexibility index (Phi) is 5.90. The summed E-state index contributed by atoms with van der Waals surface area (Å²) in [6, 6.07) is 15.3. The number of thiazole rings is 1. The highest BCUT2D eigenvalue weighted by Gasteiger charge is 2.33. The second kappa shape index (κ2) is 8.99. The van der Waals surface area contributed by atoms with E-state index in [0.29, 0.717) is 29.0 Å². The fourth-order valence-corrected chi connectivity index (χ4v) is 6.02. The van der Waals surface area contributed by atoms with Crippen molar-refractivity contribution < 1.29 is 14.1 Å². The van der Waals surface area contributed by atoms with E-state index in [1.54, 1.807) is 28.8 Å². The molecule has 33 heavy (non-hydrogen) atoms. The maximum atomic E-state index is 13.5. The monoisotopic (exact) mass is 478 g/mol. The Morgan fingerprint density at radius 3 is 2.88 bits per heavy atom. The molecule has 3 heterocycles. The molecule has 2 amide bonds. The lowest BCUT2D eigenvalue weighted by Gasteiger charge is -2.23. The number of hydrogen-bond acceptors (Lipinski definition) is 7. The van der Waals surface area contributed by atoms with Crippen molar-refractivity contribution in [3.05, 3.63) is 70.6 Å². The largest absolute Gasteiger partial charge is 0.350 e. The van der Waals surface area contributed by atoms with Crippen LogP contribution in [0.3, 0.4) is 0 Å². The highest BCUT2D eigenvalue weighted by atomic mass is 32.2. The minimum Gasteiger partial charge on any atom is -0.350 e. The second-order valence-corrected chi connectivity index (χ2v) is 10.2. The number of amides is 2. The number of carbonyl (C=O) groups is 2. The Morgan fingerprint density at radius 2 is 2.03 bits per heavy atom. The van der Waals surface area contributed by atoms with Crippen molar-refractivity contribution in [3.63, 3.8) is 0 Å². The minimum absolute atomic E-state index is 0.106. The molecule has 0 spiro atoms. The molecule has 1 saturated heterocycles. The summed E-state index contributed by atoms with van der Waals surface area (Å²) in [6.07, 6.45) is 0. The Labute approximate surface area is 199 Å². The van der Waals surface area contributed by atoms with Gasteiger partial charge in [-0.3, -0.25) is 9.59 Å². The lowest BCUT2D eigenvalue weighted by molar-refractivity contribution is 0.0729. The van der Waals surface area contributed by atoms with Crippen molar-refractivity contribution in [2.75, 3.05) is 18.2 Å². The lowest BCUT2D eigenvalue weighted by Crippen LogP contribution is -2.44. The summed E-state index contributed by atoms with van der Waals surface area (Å²) < 4.78 is 5.26. The smallest absolute Gasteiger partial charge is 0.290 e. The summed E-state index contributed by atoms with van der Waals surface area (Å²) in [4.78, 5) is 33.5. The molecule has 0 bridgehead atoms. The van der Waals surface area contributed by atoms with E-state index < -0.39 is 0 Å². The molecule has 0 radical (unpaired) electrons. The van der Waals surface area contributed by atoms with Gasteiger partial charge in [0.1, 0.15) is 11.2 Å². The zero-order valence-corrected chi connectivity index (χ0v) is 19.8. The molecule has 2 aromatic heterocycles. The van der Waals surface area contributed by atoms with Gasteiger partial charge >= 0.3 is 0 Å². The minimum atomic E-state index is -0.335. The number of fused-ring (bicyclic) bond motifs is 1. The van der Waals surface area contributed by atoms with Gasteiger partial charge in [-0.25, -0.2) is 4.98 Å². The Morgan fingerprint density at radius 1 is 1.18 bits per heavy atom. The summed E-state index contributed by atoms with van der Waals surface area (Å²) >= 11 is 3.20. The van der Waals surface area contributed by atoms with Crippen LogP contribution in [0.15, 0.2) is 53.1 Å². The van der Waals surface area contributed by atoms with Crippen molar-refractivity contribution in [3.8, 4) is 10.4 Å². The summed E-state index contributed by atoms with van der Waals surface area (Å²) in [5, 5.41) is 8.38. The van der Waals surface area contributed by atoms with E-state index in [1.807, 2.05) is 44.2 Å². The highest BCUT2D eigenvalue weighted by molar-refractivity contribution is 7.99. The van der Waals surface area contributed by atoms with Crippen molar-refractivity contribution in [1.82, 2.24) is 20.4 Å². The molecular weight excluding hydrogens is 456 g/mol. The normalized spacial score (nSPS) is 15.8. The van der Waals surface area contributed by atoms with Gasteiger partial charge in [-0.1, -0.05) is 47.1 Å². The molecule has 9 heteroatoms. The third-order valence-electron chi connectivity index (χ3n) is 5.55. The molecule has 0 aliphatic carbocycles. The van der Waals surface area contributed by atoms with Crippen LogP contribution >= 0.6 is 23.1 Å². The first-order chi connectivity index (χ1) is 16.0. The summed E-state index contributed by atoms with van der Waals surface area (Å²) in [6.45, 7) is 4.28. The number of aryl methyl sites for hydroxylation is 2. The van der Waals surface area contributed by atoms with E-state index in [1.165, 1.54) is 11.3 Å². The molecule has 5 rings (SSSR count). The number of benzene rings is 2. The van der Waals surface area contributed by atoms with E-state index in [9.17, 15) is 9.59 Å². The van der Waals surface area contributed by atoms with Gasteiger partial charge in [0.2, 0.25) is 5.76 Å². The van der Waals surface area contributed by atoms with Crippen molar-refractivity contribution in [1.29, 1.82) is 0 Å². The number of nitrogens with zero attached hydrogens (tertiary/aromatic N) is 3. The van der Waals surface area contributed by atoms with Crippen LogP contribution < -0.4 is 5.32 Å². The van der Waals surface area contributed by atoms with E-state index in [0.717, 1.165) is 26.8 Å². The van der Waals surface area contributed by atoms with Gasteiger partial charge in [-0.15, -0.1) is 23.1 Å². The van der Waals surface area contributed by atoms with Gasteiger partial charge in [0, 0.05) is 12.3 Å². The zero-order valence-electron chi connectivity index (χ0n) is 18.2. The number of nitrogens with one attached hydrogen (secondary N) is 1. The Bertz CT molecular complexity index is 1350. The number of thioether (sulfide) groups is 1. The van der Waals surface area contributed by atoms with Crippen LogP contribution in [-0.4, -0.2) is 51.1 Å². The van der Waals surface area contributed by atoms with Crippen LogP contribution in [-0.2, 0) is 0 Å². The van der Waals surface area contributed by atoms with Gasteiger partial charge in [0.15, 0.2) is 0 Å². The first-order valence-corrected chi connectivity index (χ1v) is 12.5. The number of rotatable bonds is 5. The number of aromatic nitrogens is 2. The average molecular weight is 479 g/mol. The van der Waals surface area contributed by atoms with E-state index in [2.05, 4.69) is 21.5 Å². The zero-order chi connectivity index (χ0) is 22.9. The van der Waals surface area contributed by atoms with Crippen LogP contribution in [0, 0.1) is 13.8 Å². The van der Waals surface area contributed by atoms with Crippen molar-refractivity contribution in [2.45, 2.75) is 19.9 Å². The fourth-order valence-electron chi connectivity index (χ4n) is 3.91. The van der Waals surface area contributed by atoms with Gasteiger partial charge in [0.25, 0.3) is 11.8 Å². The third kappa shape index (κ3) is 4.26. The molecule has 1 atom stereocenters. The maximum Gasteiger partial charge on any atom is 0.290 e. The summed E-state index contributed by atoms with van der Waals surface area (Å²) in [5.41, 5.74) is 3.24. The molecule has 2 aromatic carbocycles. The molecule has 1 aliphatic heterocycles. The van der Waals surface area contributed by atoms with E-state index >= 15 is 0 Å². The molecule has 1 N–H and O–H groups in total. The van der Waals surface area contributed by atoms with Crippen molar-refractivity contribution in [2.24, 2.45) is 0 Å². The molecule has 0 saturated carbocycles. The van der Waals surface area contributed by atoms with Crippen LogP contribution in [0.5, 0.6) is 0 Å². The van der Waals surface area contributed by atoms with Gasteiger partial charge in [-0.2, -0.15) is 0 Å². The van der Waals surface area contributed by atoms with Crippen LogP contribution in [0.2, 0.25) is 0 Å². The summed E-state index contributed by atoms with van der Waals surface area (Å²) in [5.74, 6) is 1.05. The molecule has 1 fully saturated rings. The number of carbonyl (C=O) groups excluding carboxylic acids is 2. The molecule has 1 aliphatic rings. The Balaban J connectivity index is 1.33. The van der Waals surface area contributed by atoms with Crippen molar-refractivity contribution >= 4 is 45.8 Å². The molecule has 4 aromatic rings. The molecular formula is C24H22N4O3S2. The quantitative estimate of drug-likeness (QED) is 0.454. The van der Waals surface area contributed by atoms with Gasteiger partial charge in [-0.05, 0) is 31.5 Å². The van der Waals surface area contributed by atoms with Crippen LogP contribution in [0.25, 0.3) is 21.3 Å². The third-order valence-corrected chi connectivity index (χ3v) is 7.65. The average Bonchev–Trinajstić information content (AvgIpc) is 3.55. The standard InChI is InChI=1S/C24H22N4O3S2/c1-14-6-5-7-16(10-14)22-20(26-15(2)33-22)24(30)28-13-32-12-17(28)11-25-23(29)21-18-8-3-4-9-19(18)27-31-21/h3-10,17H,11-13H2,1-2H3,(H,25,29)/t17-/m1/s1. The highest BCUT2D eigenvalue weighted by Crippen LogP contribution is 2.33. The predicted molar refractivity (Wildman–Crippen MR) is 131 cm³/mol. The maximum absolute atomic E-state index is 13.5. The van der Waals surface area contributed by atoms with Crippen LogP contribution in [0.1, 0.15) is 31.6 Å². The molecule has 168 valence electrons. The fraction of sp³-hybridized carbons (Fsp3) is 0.250. The topological polar surface area (TPSA) is 88.3 Å².